The Labute approximate surface area is 141 Å². The molecule has 2 aromatic heterocycles. The van der Waals surface area contributed by atoms with E-state index in [-0.39, 0.29) is 5.03 Å². The van der Waals surface area contributed by atoms with Crippen molar-refractivity contribution in [1.82, 2.24) is 14.7 Å². The fourth-order valence-electron chi connectivity index (χ4n) is 2.33. The van der Waals surface area contributed by atoms with Crippen LogP contribution in [0.4, 0.5) is 0 Å². The highest BCUT2D eigenvalue weighted by molar-refractivity contribution is 7.89. The molecule has 0 saturated carbocycles. The Kier molecular flexibility index (Phi) is 4.69. The lowest BCUT2D eigenvalue weighted by molar-refractivity contribution is 0.566. The zero-order valence-electron chi connectivity index (χ0n) is 13.1. The van der Waals surface area contributed by atoms with E-state index in [4.69, 9.17) is 0 Å². The monoisotopic (exact) mass is 339 g/mol. The Balaban J connectivity index is 2.01. The van der Waals surface area contributed by atoms with Gasteiger partial charge < -0.3 is 0 Å². The minimum atomic E-state index is -3.77. The predicted octanol–water partition coefficient (Wildman–Crippen LogP) is 2.85. The van der Waals surface area contributed by atoms with Crippen LogP contribution in [0.2, 0.25) is 0 Å². The molecule has 6 heteroatoms. The zero-order valence-corrected chi connectivity index (χ0v) is 13.9. The van der Waals surface area contributed by atoms with E-state index in [1.807, 2.05) is 37.3 Å². The van der Waals surface area contributed by atoms with Crippen molar-refractivity contribution in [3.8, 4) is 0 Å². The van der Waals surface area contributed by atoms with Crippen LogP contribution >= 0.6 is 0 Å². The van der Waals surface area contributed by atoms with Crippen LogP contribution in [0.25, 0.3) is 0 Å². The number of aromatic nitrogens is 2. The summed E-state index contributed by atoms with van der Waals surface area (Å²) >= 11 is 0. The van der Waals surface area contributed by atoms with Gasteiger partial charge in [-0.2, -0.15) is 4.72 Å². The van der Waals surface area contributed by atoms with Crippen LogP contribution in [0.3, 0.4) is 0 Å². The summed E-state index contributed by atoms with van der Waals surface area (Å²) < 4.78 is 28.0. The van der Waals surface area contributed by atoms with Gasteiger partial charge in [-0.1, -0.05) is 42.0 Å². The first-order valence-electron chi connectivity index (χ1n) is 7.47. The lowest BCUT2D eigenvalue weighted by atomic mass is 10.0. The van der Waals surface area contributed by atoms with E-state index in [0.29, 0.717) is 5.69 Å². The first-order valence-corrected chi connectivity index (χ1v) is 8.95. The Bertz CT molecular complexity index is 896. The van der Waals surface area contributed by atoms with Gasteiger partial charge in [0, 0.05) is 12.4 Å². The minimum Gasteiger partial charge on any atom is -0.259 e. The van der Waals surface area contributed by atoms with Gasteiger partial charge >= 0.3 is 0 Å². The molecule has 122 valence electrons. The average molecular weight is 339 g/mol. The third kappa shape index (κ3) is 3.67. The number of hydrogen-bond donors (Lipinski definition) is 1. The number of hydrogen-bond acceptors (Lipinski definition) is 4. The van der Waals surface area contributed by atoms with Crippen molar-refractivity contribution >= 4 is 10.0 Å². The maximum atomic E-state index is 12.7. The molecule has 3 aromatic rings. The lowest BCUT2D eigenvalue weighted by Gasteiger charge is -2.18. The molecule has 0 radical (unpaired) electrons. The van der Waals surface area contributed by atoms with Crippen molar-refractivity contribution in [3.63, 3.8) is 0 Å². The lowest BCUT2D eigenvalue weighted by Crippen LogP contribution is -2.30. The van der Waals surface area contributed by atoms with E-state index >= 15 is 0 Å². The molecule has 0 aliphatic carbocycles. The van der Waals surface area contributed by atoms with E-state index in [1.54, 1.807) is 30.5 Å². The molecule has 1 aromatic carbocycles. The van der Waals surface area contributed by atoms with E-state index in [1.165, 1.54) is 12.3 Å². The summed E-state index contributed by atoms with van der Waals surface area (Å²) in [5.41, 5.74) is 2.55. The maximum absolute atomic E-state index is 12.7. The second kappa shape index (κ2) is 6.90. The highest BCUT2D eigenvalue weighted by Gasteiger charge is 2.24. The van der Waals surface area contributed by atoms with Crippen LogP contribution in [0.5, 0.6) is 0 Å². The number of pyridine rings is 2. The summed E-state index contributed by atoms with van der Waals surface area (Å²) in [4.78, 5) is 8.24. The molecule has 2 heterocycles. The van der Waals surface area contributed by atoms with Gasteiger partial charge in [0.1, 0.15) is 0 Å². The van der Waals surface area contributed by atoms with Crippen LogP contribution in [0, 0.1) is 6.92 Å². The molecule has 3 rings (SSSR count). The molecule has 24 heavy (non-hydrogen) atoms. The molecule has 5 nitrogen and oxygen atoms in total. The minimum absolute atomic E-state index is 0.0157. The number of benzene rings is 1. The molecule has 0 unspecified atom stereocenters. The van der Waals surface area contributed by atoms with Crippen molar-refractivity contribution in [2.75, 3.05) is 0 Å². The predicted molar refractivity (Wildman–Crippen MR) is 91.8 cm³/mol. The van der Waals surface area contributed by atoms with Gasteiger partial charge in [0.15, 0.2) is 5.03 Å². The summed E-state index contributed by atoms with van der Waals surface area (Å²) in [6, 6.07) is 17.3. The molecule has 0 bridgehead atoms. The van der Waals surface area contributed by atoms with Crippen molar-refractivity contribution < 1.29 is 8.42 Å². The molecule has 0 spiro atoms. The highest BCUT2D eigenvalue weighted by Crippen LogP contribution is 2.23. The normalized spacial score (nSPS) is 12.7. The van der Waals surface area contributed by atoms with Gasteiger partial charge in [-0.05, 0) is 36.8 Å². The standard InChI is InChI=1S/C18H17N3O2S/c1-14-8-10-15(11-9-14)18(16-6-2-4-12-19-16)21-24(22,23)17-7-3-5-13-20-17/h2-13,18,21H,1H3/t18-/m1/s1. The molecule has 0 saturated heterocycles. The SMILES string of the molecule is Cc1ccc([C@@H](NS(=O)(=O)c2ccccn2)c2ccccn2)cc1. The smallest absolute Gasteiger partial charge is 0.258 e. The van der Waals surface area contributed by atoms with E-state index in [9.17, 15) is 8.42 Å². The molecule has 0 fully saturated rings. The summed E-state index contributed by atoms with van der Waals surface area (Å²) in [6.45, 7) is 1.98. The Hall–Kier alpha value is -2.57. The third-order valence-electron chi connectivity index (χ3n) is 3.58. The molecule has 0 aliphatic rings. The number of sulfonamides is 1. The molecular formula is C18H17N3O2S. The average Bonchev–Trinajstić information content (AvgIpc) is 2.62. The van der Waals surface area contributed by atoms with Gasteiger partial charge in [-0.25, -0.2) is 13.4 Å². The Morgan fingerprint density at radius 2 is 1.54 bits per heavy atom. The van der Waals surface area contributed by atoms with Gasteiger partial charge in [-0.15, -0.1) is 0 Å². The highest BCUT2D eigenvalue weighted by atomic mass is 32.2. The van der Waals surface area contributed by atoms with Crippen LogP contribution < -0.4 is 4.72 Å². The van der Waals surface area contributed by atoms with Gasteiger partial charge in [-0.3, -0.25) is 4.98 Å². The summed E-state index contributed by atoms with van der Waals surface area (Å²) in [6.07, 6.45) is 3.10. The van der Waals surface area contributed by atoms with Crippen LogP contribution in [-0.2, 0) is 10.0 Å². The topological polar surface area (TPSA) is 72.0 Å². The maximum Gasteiger partial charge on any atom is 0.258 e. The van der Waals surface area contributed by atoms with Crippen LogP contribution in [0.1, 0.15) is 22.9 Å². The van der Waals surface area contributed by atoms with E-state index in [2.05, 4.69) is 14.7 Å². The second-order valence-corrected chi connectivity index (χ2v) is 7.05. The number of nitrogens with zero attached hydrogens (tertiary/aromatic N) is 2. The summed E-state index contributed by atoms with van der Waals surface area (Å²) in [5, 5.41) is -0.0157. The first kappa shape index (κ1) is 16.3. The third-order valence-corrected chi connectivity index (χ3v) is 4.92. The molecule has 0 aliphatic heterocycles. The van der Waals surface area contributed by atoms with Gasteiger partial charge in [0.05, 0.1) is 11.7 Å². The zero-order chi connectivity index (χ0) is 17.0. The van der Waals surface area contributed by atoms with Gasteiger partial charge in [0.25, 0.3) is 10.0 Å². The van der Waals surface area contributed by atoms with Crippen molar-refractivity contribution in [2.45, 2.75) is 18.0 Å². The number of nitrogens with one attached hydrogen (secondary N) is 1. The molecule has 1 atom stereocenters. The fraction of sp³-hybridized carbons (Fsp3) is 0.111. The van der Waals surface area contributed by atoms with E-state index < -0.39 is 16.1 Å². The van der Waals surface area contributed by atoms with Crippen LogP contribution in [-0.4, -0.2) is 18.4 Å². The molecular weight excluding hydrogens is 322 g/mol. The van der Waals surface area contributed by atoms with Crippen molar-refractivity contribution in [2.24, 2.45) is 0 Å². The second-order valence-electron chi connectivity index (χ2n) is 5.39. The van der Waals surface area contributed by atoms with E-state index in [0.717, 1.165) is 11.1 Å². The Morgan fingerprint density at radius 3 is 2.12 bits per heavy atom. The first-order chi connectivity index (χ1) is 11.6. The largest absolute Gasteiger partial charge is 0.259 e. The molecule has 0 amide bonds. The van der Waals surface area contributed by atoms with Crippen LogP contribution in [0.15, 0.2) is 78.1 Å². The fourth-order valence-corrected chi connectivity index (χ4v) is 3.47. The van der Waals surface area contributed by atoms with Gasteiger partial charge in [0.2, 0.25) is 0 Å². The quantitative estimate of drug-likeness (QED) is 0.776. The summed E-state index contributed by atoms with van der Waals surface area (Å²) in [5.74, 6) is 0. The molecule has 1 N–H and O–H groups in total. The van der Waals surface area contributed by atoms with Crippen molar-refractivity contribution in [1.29, 1.82) is 0 Å². The number of aryl methyl sites for hydroxylation is 1. The Morgan fingerprint density at radius 1 is 0.875 bits per heavy atom. The van der Waals surface area contributed by atoms with Crippen molar-refractivity contribution in [3.05, 3.63) is 89.9 Å². The number of rotatable bonds is 5. The summed E-state index contributed by atoms with van der Waals surface area (Å²) in [7, 11) is -3.77.